The van der Waals surface area contributed by atoms with Crippen LogP contribution >= 0.6 is 0 Å². The summed E-state index contributed by atoms with van der Waals surface area (Å²) in [7, 11) is 0. The smallest absolute Gasteiger partial charge is 0.336 e. The molecule has 2 amide bonds. The van der Waals surface area contributed by atoms with Crippen molar-refractivity contribution in [2.24, 2.45) is 0 Å². The minimum Gasteiger partial charge on any atom is -0.336 e. The predicted octanol–water partition coefficient (Wildman–Crippen LogP) is 3.93. The summed E-state index contributed by atoms with van der Waals surface area (Å²) in [6.45, 7) is 2.86. The van der Waals surface area contributed by atoms with E-state index in [1.54, 1.807) is 23.1 Å². The van der Waals surface area contributed by atoms with E-state index in [4.69, 9.17) is 0 Å². The number of rotatable bonds is 3. The second kappa shape index (κ2) is 8.51. The van der Waals surface area contributed by atoms with Gasteiger partial charge < -0.3 is 9.80 Å². The summed E-state index contributed by atoms with van der Waals surface area (Å²) in [4.78, 5) is 28.0. The quantitative estimate of drug-likeness (QED) is 0.730. The van der Waals surface area contributed by atoms with E-state index >= 15 is 0 Å². The summed E-state index contributed by atoms with van der Waals surface area (Å²) >= 11 is 0. The van der Waals surface area contributed by atoms with Gasteiger partial charge in [0.25, 0.3) is 5.91 Å². The first-order valence-corrected chi connectivity index (χ1v) is 9.25. The summed E-state index contributed by atoms with van der Waals surface area (Å²) < 4.78 is 40.3. The van der Waals surface area contributed by atoms with Crippen LogP contribution in [-0.4, -0.2) is 54.0 Å². The molecule has 4 nitrogen and oxygen atoms in total. The zero-order valence-corrected chi connectivity index (χ0v) is 15.9. The van der Waals surface area contributed by atoms with Crippen molar-refractivity contribution in [3.8, 4) is 0 Å². The molecule has 0 aromatic heterocycles. The molecule has 3 rings (SSSR count). The van der Waals surface area contributed by atoms with Crippen LogP contribution in [0.2, 0.25) is 0 Å². The van der Waals surface area contributed by atoms with Gasteiger partial charge in [0.15, 0.2) is 0 Å². The van der Waals surface area contributed by atoms with E-state index in [1.165, 1.54) is 29.2 Å². The number of piperazine rings is 1. The van der Waals surface area contributed by atoms with Crippen molar-refractivity contribution in [1.29, 1.82) is 0 Å². The van der Waals surface area contributed by atoms with Crippen molar-refractivity contribution >= 4 is 17.4 Å². The molecule has 2 aromatic carbocycles. The number of amides is 2. The number of halogens is 3. The highest BCUT2D eigenvalue weighted by Gasteiger charge is 2.36. The largest absolute Gasteiger partial charge is 0.417 e. The van der Waals surface area contributed by atoms with Gasteiger partial charge in [-0.25, -0.2) is 0 Å². The summed E-state index contributed by atoms with van der Waals surface area (Å²) in [5.41, 5.74) is 0.573. The molecule has 152 valence electrons. The first kappa shape index (κ1) is 20.6. The molecule has 1 aliphatic heterocycles. The van der Waals surface area contributed by atoms with Crippen LogP contribution in [0, 0.1) is 6.92 Å². The minimum atomic E-state index is -4.64. The van der Waals surface area contributed by atoms with Gasteiger partial charge in [0.1, 0.15) is 0 Å². The number of aryl methyl sites for hydroxylation is 1. The molecule has 0 radical (unpaired) electrons. The van der Waals surface area contributed by atoms with Crippen LogP contribution in [0.3, 0.4) is 0 Å². The first-order valence-electron chi connectivity index (χ1n) is 9.25. The van der Waals surface area contributed by atoms with Crippen LogP contribution in [0.15, 0.2) is 60.7 Å². The Labute approximate surface area is 167 Å². The van der Waals surface area contributed by atoms with Gasteiger partial charge in [0, 0.05) is 37.8 Å². The van der Waals surface area contributed by atoms with E-state index in [-0.39, 0.29) is 37.6 Å². The Morgan fingerprint density at radius 1 is 0.828 bits per heavy atom. The maximum Gasteiger partial charge on any atom is 0.417 e. The topological polar surface area (TPSA) is 40.6 Å². The van der Waals surface area contributed by atoms with E-state index in [1.807, 2.05) is 19.1 Å². The lowest BCUT2D eigenvalue weighted by atomic mass is 10.0. The fraction of sp³-hybridized carbons (Fsp3) is 0.273. The molecule has 0 aliphatic carbocycles. The third-order valence-corrected chi connectivity index (χ3v) is 4.84. The van der Waals surface area contributed by atoms with Gasteiger partial charge >= 0.3 is 6.18 Å². The van der Waals surface area contributed by atoms with Crippen molar-refractivity contribution in [2.75, 3.05) is 26.2 Å². The Hall–Kier alpha value is -3.09. The average molecular weight is 402 g/mol. The molecule has 7 heteroatoms. The van der Waals surface area contributed by atoms with E-state index in [2.05, 4.69) is 0 Å². The fourth-order valence-corrected chi connectivity index (χ4v) is 3.17. The van der Waals surface area contributed by atoms with Crippen molar-refractivity contribution < 1.29 is 22.8 Å². The number of alkyl halides is 3. The number of benzene rings is 2. The number of carbonyl (C=O) groups is 2. The van der Waals surface area contributed by atoms with Gasteiger partial charge in [-0.1, -0.05) is 48.0 Å². The second-order valence-electron chi connectivity index (χ2n) is 6.91. The monoisotopic (exact) mass is 402 g/mol. The van der Waals surface area contributed by atoms with Crippen molar-refractivity contribution in [3.05, 3.63) is 77.4 Å². The molecule has 1 saturated heterocycles. The first-order chi connectivity index (χ1) is 13.8. The summed E-state index contributed by atoms with van der Waals surface area (Å²) in [5, 5.41) is 0. The van der Waals surface area contributed by atoms with Crippen LogP contribution in [0.25, 0.3) is 5.57 Å². The van der Waals surface area contributed by atoms with Crippen molar-refractivity contribution in [2.45, 2.75) is 13.1 Å². The molecule has 0 saturated carbocycles. The van der Waals surface area contributed by atoms with Crippen LogP contribution in [0.4, 0.5) is 13.2 Å². The summed E-state index contributed by atoms with van der Waals surface area (Å²) in [6.07, 6.45) is -3.99. The standard InChI is InChI=1S/C22H21F3N2O2/c1-16-7-9-18(10-8-16)21(29)27-13-11-26(12-14-27)20(28)15-19(22(23,24)25)17-5-3-2-4-6-17/h2-10,15H,11-14H2,1H3/b19-15-. The molecule has 0 N–H and O–H groups in total. The third kappa shape index (κ3) is 5.04. The van der Waals surface area contributed by atoms with Crippen LogP contribution in [0.1, 0.15) is 21.5 Å². The molecular weight excluding hydrogens is 381 g/mol. The molecule has 0 atom stereocenters. The van der Waals surface area contributed by atoms with E-state index < -0.39 is 17.7 Å². The average Bonchev–Trinajstić information content (AvgIpc) is 2.72. The highest BCUT2D eigenvalue weighted by atomic mass is 19.4. The van der Waals surface area contributed by atoms with Gasteiger partial charge in [-0.2, -0.15) is 13.2 Å². The van der Waals surface area contributed by atoms with Crippen LogP contribution in [0.5, 0.6) is 0 Å². The summed E-state index contributed by atoms with van der Waals surface area (Å²) in [6, 6.07) is 14.4. The van der Waals surface area contributed by atoms with Crippen molar-refractivity contribution in [3.63, 3.8) is 0 Å². The highest BCUT2D eigenvalue weighted by Crippen LogP contribution is 2.33. The minimum absolute atomic E-state index is 0.0541. The number of nitrogens with zero attached hydrogens (tertiary/aromatic N) is 2. The number of carbonyl (C=O) groups excluding carboxylic acids is 2. The number of hydrogen-bond acceptors (Lipinski definition) is 2. The fourth-order valence-electron chi connectivity index (χ4n) is 3.17. The number of hydrogen-bond donors (Lipinski definition) is 0. The maximum absolute atomic E-state index is 13.4. The van der Waals surface area contributed by atoms with Crippen molar-refractivity contribution in [1.82, 2.24) is 9.80 Å². The second-order valence-corrected chi connectivity index (χ2v) is 6.91. The van der Waals surface area contributed by atoms with E-state index in [9.17, 15) is 22.8 Å². The molecule has 0 unspecified atom stereocenters. The molecular formula is C22H21F3N2O2. The lowest BCUT2D eigenvalue weighted by Gasteiger charge is -2.34. The van der Waals surface area contributed by atoms with Gasteiger partial charge in [0.05, 0.1) is 5.57 Å². The lowest BCUT2D eigenvalue weighted by molar-refractivity contribution is -0.127. The van der Waals surface area contributed by atoms with E-state index in [0.717, 1.165) is 5.56 Å². The summed E-state index contributed by atoms with van der Waals surface area (Å²) in [5.74, 6) is -0.850. The molecule has 1 heterocycles. The Balaban J connectivity index is 1.68. The molecule has 0 bridgehead atoms. The van der Waals surface area contributed by atoms with Gasteiger partial charge in [-0.15, -0.1) is 0 Å². The molecule has 29 heavy (non-hydrogen) atoms. The number of allylic oxidation sites excluding steroid dienone is 1. The third-order valence-electron chi connectivity index (χ3n) is 4.84. The van der Waals surface area contributed by atoms with Gasteiger partial charge in [-0.3, -0.25) is 9.59 Å². The Bertz CT molecular complexity index is 898. The Kier molecular flexibility index (Phi) is 6.06. The SMILES string of the molecule is Cc1ccc(C(=O)N2CCN(C(=O)/C=C(/c3ccccc3)C(F)(F)F)CC2)cc1. The van der Waals surface area contributed by atoms with Gasteiger partial charge in [0.2, 0.25) is 5.91 Å². The molecule has 1 aliphatic rings. The zero-order chi connectivity index (χ0) is 21.0. The molecule has 1 fully saturated rings. The highest BCUT2D eigenvalue weighted by molar-refractivity contribution is 5.97. The maximum atomic E-state index is 13.4. The molecule has 0 spiro atoms. The zero-order valence-electron chi connectivity index (χ0n) is 15.9. The Morgan fingerprint density at radius 3 is 1.93 bits per heavy atom. The van der Waals surface area contributed by atoms with Crippen LogP contribution in [-0.2, 0) is 4.79 Å². The molecule has 2 aromatic rings. The lowest BCUT2D eigenvalue weighted by Crippen LogP contribution is -2.50. The van der Waals surface area contributed by atoms with E-state index in [0.29, 0.717) is 11.6 Å². The van der Waals surface area contributed by atoms with Crippen LogP contribution < -0.4 is 0 Å². The Morgan fingerprint density at radius 2 is 1.38 bits per heavy atom. The van der Waals surface area contributed by atoms with Gasteiger partial charge in [-0.05, 0) is 24.6 Å². The normalized spacial score (nSPS) is 15.4. The predicted molar refractivity (Wildman–Crippen MR) is 104 cm³/mol.